The molecule has 0 radical (unpaired) electrons. The van der Waals surface area contributed by atoms with Crippen LogP contribution in [-0.2, 0) is 0 Å². The van der Waals surface area contributed by atoms with Crippen LogP contribution in [0.3, 0.4) is 0 Å². The lowest BCUT2D eigenvalue weighted by atomic mass is 9.95. The van der Waals surface area contributed by atoms with E-state index in [1.165, 1.54) is 5.56 Å². The van der Waals surface area contributed by atoms with Crippen LogP contribution < -0.4 is 14.8 Å². The predicted octanol–water partition coefficient (Wildman–Crippen LogP) is 3.35. The van der Waals surface area contributed by atoms with E-state index in [0.717, 1.165) is 37.5 Å². The molecule has 0 aromatic heterocycles. The molecule has 1 fully saturated rings. The van der Waals surface area contributed by atoms with E-state index in [2.05, 4.69) is 34.5 Å². The summed E-state index contributed by atoms with van der Waals surface area (Å²) in [6, 6.07) is 14.5. The third-order valence-corrected chi connectivity index (χ3v) is 4.73. The molecule has 2 aromatic rings. The van der Waals surface area contributed by atoms with Crippen LogP contribution in [0.1, 0.15) is 17.2 Å². The average Bonchev–Trinajstić information content (AvgIpc) is 2.64. The first-order valence-electron chi connectivity index (χ1n) is 8.15. The highest BCUT2D eigenvalue weighted by atomic mass is 35.5. The van der Waals surface area contributed by atoms with Crippen LogP contribution in [0.2, 0.25) is 5.02 Å². The minimum Gasteiger partial charge on any atom is -0.496 e. The molecule has 2 aromatic carbocycles. The predicted molar refractivity (Wildman–Crippen MR) is 97.3 cm³/mol. The number of nitrogens with zero attached hydrogens (tertiary/aromatic N) is 1. The maximum Gasteiger partial charge on any atom is 0.138 e. The molecule has 0 spiro atoms. The van der Waals surface area contributed by atoms with Crippen LogP contribution in [-0.4, -0.2) is 45.3 Å². The van der Waals surface area contributed by atoms with Crippen molar-refractivity contribution in [3.05, 3.63) is 58.6 Å². The number of rotatable bonds is 5. The third kappa shape index (κ3) is 3.51. The van der Waals surface area contributed by atoms with E-state index in [0.29, 0.717) is 10.8 Å². The second-order valence-electron chi connectivity index (χ2n) is 5.83. The van der Waals surface area contributed by atoms with Crippen molar-refractivity contribution < 1.29 is 9.47 Å². The SMILES string of the molecule is COc1cc(C(c2ccccc2)N2CCNCC2)c(OC)cc1Cl. The van der Waals surface area contributed by atoms with Gasteiger partial charge in [-0.3, -0.25) is 4.90 Å². The molecule has 0 bridgehead atoms. The van der Waals surface area contributed by atoms with Gasteiger partial charge in [-0.05, 0) is 11.6 Å². The van der Waals surface area contributed by atoms with E-state index < -0.39 is 0 Å². The monoisotopic (exact) mass is 346 g/mol. The molecule has 5 heteroatoms. The maximum absolute atomic E-state index is 6.29. The number of piperazine rings is 1. The van der Waals surface area contributed by atoms with E-state index in [9.17, 15) is 0 Å². The van der Waals surface area contributed by atoms with Crippen LogP contribution in [0.25, 0.3) is 0 Å². The van der Waals surface area contributed by atoms with Crippen LogP contribution in [0.5, 0.6) is 11.5 Å². The Bertz CT molecular complexity index is 673. The molecular formula is C19H23ClN2O2. The molecule has 1 aliphatic rings. The summed E-state index contributed by atoms with van der Waals surface area (Å²) in [6.45, 7) is 3.92. The quantitative estimate of drug-likeness (QED) is 0.900. The Morgan fingerprint density at radius 2 is 1.67 bits per heavy atom. The van der Waals surface area contributed by atoms with Crippen molar-refractivity contribution in [3.8, 4) is 11.5 Å². The van der Waals surface area contributed by atoms with Crippen molar-refractivity contribution in [3.63, 3.8) is 0 Å². The minimum atomic E-state index is 0.106. The van der Waals surface area contributed by atoms with Crippen molar-refractivity contribution in [1.29, 1.82) is 0 Å². The summed E-state index contributed by atoms with van der Waals surface area (Å²) in [4.78, 5) is 2.47. The lowest BCUT2D eigenvalue weighted by molar-refractivity contribution is 0.195. The molecule has 1 saturated heterocycles. The molecule has 4 nitrogen and oxygen atoms in total. The summed E-state index contributed by atoms with van der Waals surface area (Å²) in [5.74, 6) is 1.46. The van der Waals surface area contributed by atoms with Crippen molar-refractivity contribution in [2.45, 2.75) is 6.04 Å². The highest BCUT2D eigenvalue weighted by molar-refractivity contribution is 6.32. The zero-order valence-electron chi connectivity index (χ0n) is 14.1. The molecule has 24 heavy (non-hydrogen) atoms. The Hall–Kier alpha value is -1.75. The zero-order chi connectivity index (χ0) is 16.9. The van der Waals surface area contributed by atoms with Crippen molar-refractivity contribution in [2.75, 3.05) is 40.4 Å². The summed E-state index contributed by atoms with van der Waals surface area (Å²) >= 11 is 6.29. The van der Waals surface area contributed by atoms with Gasteiger partial charge in [0, 0.05) is 37.8 Å². The van der Waals surface area contributed by atoms with Gasteiger partial charge < -0.3 is 14.8 Å². The lowest BCUT2D eigenvalue weighted by Crippen LogP contribution is -2.45. The Morgan fingerprint density at radius 3 is 2.29 bits per heavy atom. The molecular weight excluding hydrogens is 324 g/mol. The van der Waals surface area contributed by atoms with Gasteiger partial charge in [-0.25, -0.2) is 0 Å². The summed E-state index contributed by atoms with van der Waals surface area (Å²) in [7, 11) is 3.32. The van der Waals surface area contributed by atoms with E-state index >= 15 is 0 Å². The van der Waals surface area contributed by atoms with Gasteiger partial charge in [-0.15, -0.1) is 0 Å². The number of hydrogen-bond acceptors (Lipinski definition) is 4. The molecule has 1 atom stereocenters. The fourth-order valence-electron chi connectivity index (χ4n) is 3.26. The summed E-state index contributed by atoms with van der Waals surface area (Å²) < 4.78 is 11.1. The number of nitrogens with one attached hydrogen (secondary N) is 1. The zero-order valence-corrected chi connectivity index (χ0v) is 14.8. The van der Waals surface area contributed by atoms with Crippen molar-refractivity contribution >= 4 is 11.6 Å². The molecule has 1 unspecified atom stereocenters. The molecule has 0 aliphatic carbocycles. The highest BCUT2D eigenvalue weighted by Crippen LogP contribution is 2.40. The second-order valence-corrected chi connectivity index (χ2v) is 6.24. The number of benzene rings is 2. The van der Waals surface area contributed by atoms with Gasteiger partial charge >= 0.3 is 0 Å². The lowest BCUT2D eigenvalue weighted by Gasteiger charge is -2.36. The molecule has 128 valence electrons. The normalized spacial score (nSPS) is 16.6. The van der Waals surface area contributed by atoms with Crippen molar-refractivity contribution in [2.24, 2.45) is 0 Å². The fraction of sp³-hybridized carbons (Fsp3) is 0.368. The first-order valence-corrected chi connectivity index (χ1v) is 8.53. The van der Waals surface area contributed by atoms with Crippen LogP contribution in [0.15, 0.2) is 42.5 Å². The van der Waals surface area contributed by atoms with Gasteiger partial charge in [0.25, 0.3) is 0 Å². The maximum atomic E-state index is 6.29. The van der Waals surface area contributed by atoms with Gasteiger partial charge in [0.1, 0.15) is 11.5 Å². The topological polar surface area (TPSA) is 33.7 Å². The molecule has 1 aliphatic heterocycles. The Labute approximate surface area is 148 Å². The Morgan fingerprint density at radius 1 is 1.00 bits per heavy atom. The average molecular weight is 347 g/mol. The van der Waals surface area contributed by atoms with E-state index in [1.54, 1.807) is 14.2 Å². The molecule has 0 saturated carbocycles. The van der Waals surface area contributed by atoms with Gasteiger partial charge in [-0.1, -0.05) is 41.9 Å². The number of methoxy groups -OCH3 is 2. The minimum absolute atomic E-state index is 0.106. The molecule has 3 rings (SSSR count). The number of ether oxygens (including phenoxy) is 2. The highest BCUT2D eigenvalue weighted by Gasteiger charge is 2.27. The van der Waals surface area contributed by atoms with Gasteiger partial charge in [0.05, 0.1) is 25.3 Å². The van der Waals surface area contributed by atoms with Crippen LogP contribution in [0.4, 0.5) is 0 Å². The number of hydrogen-bond donors (Lipinski definition) is 1. The molecule has 1 N–H and O–H groups in total. The second kappa shape index (κ2) is 7.88. The summed E-state index contributed by atoms with van der Waals surface area (Å²) in [5.41, 5.74) is 2.31. The van der Waals surface area contributed by atoms with E-state index in [-0.39, 0.29) is 6.04 Å². The smallest absolute Gasteiger partial charge is 0.138 e. The van der Waals surface area contributed by atoms with Crippen LogP contribution in [0, 0.1) is 0 Å². The van der Waals surface area contributed by atoms with E-state index in [4.69, 9.17) is 21.1 Å². The van der Waals surface area contributed by atoms with Gasteiger partial charge in [-0.2, -0.15) is 0 Å². The Balaban J connectivity index is 2.11. The Kier molecular flexibility index (Phi) is 5.61. The molecule has 0 amide bonds. The summed E-state index contributed by atoms with van der Waals surface area (Å²) in [5, 5.41) is 3.97. The summed E-state index contributed by atoms with van der Waals surface area (Å²) in [6.07, 6.45) is 0. The van der Waals surface area contributed by atoms with Gasteiger partial charge in [0.15, 0.2) is 0 Å². The third-order valence-electron chi connectivity index (χ3n) is 4.43. The number of halogens is 1. The first-order chi connectivity index (χ1) is 11.7. The van der Waals surface area contributed by atoms with Crippen molar-refractivity contribution in [1.82, 2.24) is 10.2 Å². The first kappa shape index (κ1) is 17.1. The fourth-order valence-corrected chi connectivity index (χ4v) is 3.49. The molecule has 1 heterocycles. The van der Waals surface area contributed by atoms with E-state index in [1.807, 2.05) is 18.2 Å². The van der Waals surface area contributed by atoms with Crippen LogP contribution >= 0.6 is 11.6 Å². The largest absolute Gasteiger partial charge is 0.496 e. The standard InChI is InChI=1S/C19H23ClN2O2/c1-23-17-13-16(20)18(24-2)12-15(17)19(14-6-4-3-5-7-14)22-10-8-21-9-11-22/h3-7,12-13,19,21H,8-11H2,1-2H3. The van der Waals surface area contributed by atoms with Gasteiger partial charge in [0.2, 0.25) is 0 Å².